The number of aryl methyl sites for hydroxylation is 1. The second kappa shape index (κ2) is 9.43. The van der Waals surface area contributed by atoms with Gasteiger partial charge in [-0.15, -0.1) is 11.3 Å². The zero-order valence-electron chi connectivity index (χ0n) is 15.7. The predicted octanol–water partition coefficient (Wildman–Crippen LogP) is 2.13. The van der Waals surface area contributed by atoms with E-state index in [1.807, 2.05) is 5.38 Å². The Bertz CT molecular complexity index is 845. The number of carbonyl (C=O) groups excluding carboxylic acids is 2. The molecule has 0 atom stereocenters. The Morgan fingerprint density at radius 1 is 1.25 bits per heavy atom. The summed E-state index contributed by atoms with van der Waals surface area (Å²) in [5.74, 6) is -0.100. The average molecular weight is 401 g/mol. The molecular weight excluding hydrogens is 378 g/mol. The number of hydrogen-bond acceptors (Lipinski definition) is 6. The molecule has 0 fully saturated rings. The molecule has 0 bridgehead atoms. The Kier molecular flexibility index (Phi) is 6.72. The minimum Gasteiger partial charge on any atom is -0.383 e. The normalized spacial score (nSPS) is 13.9. The van der Waals surface area contributed by atoms with Crippen molar-refractivity contribution in [2.75, 3.05) is 32.1 Å². The topological polar surface area (TPSA) is 110 Å². The van der Waals surface area contributed by atoms with Crippen molar-refractivity contribution in [3.05, 3.63) is 46.5 Å². The van der Waals surface area contributed by atoms with Crippen LogP contribution in [0.4, 0.5) is 5.13 Å². The standard InChI is InChI=1S/C19H23N5O3S/c1-27-11-9-21-18(20)23-19-22-13(12-28-19)6-4-5-10-24-16(25)14-7-2-3-8-15(14)17(24)26/h2-3,7-8,12H,4-6,9-11H2,1H3,(H3,20,21,22,23). The molecule has 0 radical (unpaired) electrons. The Morgan fingerprint density at radius 2 is 1.96 bits per heavy atom. The summed E-state index contributed by atoms with van der Waals surface area (Å²) in [5, 5.41) is 5.61. The lowest BCUT2D eigenvalue weighted by Gasteiger charge is -2.13. The minimum absolute atomic E-state index is 0.205. The second-order valence-corrected chi connectivity index (χ2v) is 7.15. The lowest BCUT2D eigenvalue weighted by molar-refractivity contribution is 0.0652. The summed E-state index contributed by atoms with van der Waals surface area (Å²) >= 11 is 1.46. The van der Waals surface area contributed by atoms with Crippen molar-refractivity contribution in [2.24, 2.45) is 10.7 Å². The summed E-state index contributed by atoms with van der Waals surface area (Å²) in [6.07, 6.45) is 2.32. The molecular formula is C19H23N5O3S. The molecule has 28 heavy (non-hydrogen) atoms. The SMILES string of the molecule is COCCN=C(N)Nc1nc(CCCCN2C(=O)c3ccccc3C2=O)cs1. The number of nitrogens with one attached hydrogen (secondary N) is 1. The van der Waals surface area contributed by atoms with E-state index >= 15 is 0 Å². The van der Waals surface area contributed by atoms with Gasteiger partial charge in [-0.1, -0.05) is 12.1 Å². The summed E-state index contributed by atoms with van der Waals surface area (Å²) in [6, 6.07) is 6.94. The number of amides is 2. The van der Waals surface area contributed by atoms with Gasteiger partial charge in [0, 0.05) is 19.0 Å². The number of guanidine groups is 1. The molecule has 2 aromatic rings. The number of nitrogens with two attached hydrogens (primary N) is 1. The first-order valence-electron chi connectivity index (χ1n) is 9.05. The van der Waals surface area contributed by atoms with Gasteiger partial charge in [0.15, 0.2) is 11.1 Å². The maximum atomic E-state index is 12.3. The first kappa shape index (κ1) is 20.0. The van der Waals surface area contributed by atoms with Crippen LogP contribution in [-0.2, 0) is 11.2 Å². The molecule has 0 unspecified atom stereocenters. The van der Waals surface area contributed by atoms with Crippen LogP contribution in [0.3, 0.4) is 0 Å². The van der Waals surface area contributed by atoms with Crippen molar-refractivity contribution >= 4 is 34.2 Å². The van der Waals surface area contributed by atoms with Gasteiger partial charge in [0.05, 0.1) is 30.0 Å². The maximum Gasteiger partial charge on any atom is 0.261 e. The van der Waals surface area contributed by atoms with Gasteiger partial charge in [0.25, 0.3) is 11.8 Å². The van der Waals surface area contributed by atoms with E-state index in [9.17, 15) is 9.59 Å². The highest BCUT2D eigenvalue weighted by Crippen LogP contribution is 2.23. The predicted molar refractivity (Wildman–Crippen MR) is 109 cm³/mol. The van der Waals surface area contributed by atoms with E-state index in [0.29, 0.717) is 41.9 Å². The zero-order valence-corrected chi connectivity index (χ0v) is 16.5. The molecule has 9 heteroatoms. The Balaban J connectivity index is 1.43. The fraction of sp³-hybridized carbons (Fsp3) is 0.368. The van der Waals surface area contributed by atoms with Gasteiger partial charge in [-0.05, 0) is 31.4 Å². The van der Waals surface area contributed by atoms with Crippen LogP contribution < -0.4 is 11.1 Å². The van der Waals surface area contributed by atoms with Crippen LogP contribution in [0, 0.1) is 0 Å². The highest BCUT2D eigenvalue weighted by molar-refractivity contribution is 7.13. The van der Waals surface area contributed by atoms with Crippen LogP contribution in [0.15, 0.2) is 34.6 Å². The van der Waals surface area contributed by atoms with E-state index in [1.165, 1.54) is 16.2 Å². The molecule has 1 aliphatic rings. The van der Waals surface area contributed by atoms with Crippen LogP contribution in [0.2, 0.25) is 0 Å². The quantitative estimate of drug-likeness (QED) is 0.288. The fourth-order valence-electron chi connectivity index (χ4n) is 2.90. The summed E-state index contributed by atoms with van der Waals surface area (Å²) in [7, 11) is 1.61. The number of aromatic nitrogens is 1. The third-order valence-corrected chi connectivity index (χ3v) is 5.11. The summed E-state index contributed by atoms with van der Waals surface area (Å²) in [6.45, 7) is 1.42. The number of ether oxygens (including phenoxy) is 1. The number of unbranched alkanes of at least 4 members (excludes halogenated alkanes) is 1. The molecule has 3 rings (SSSR count). The number of carbonyl (C=O) groups is 2. The van der Waals surface area contributed by atoms with Crippen molar-refractivity contribution in [2.45, 2.75) is 19.3 Å². The van der Waals surface area contributed by atoms with Crippen molar-refractivity contribution in [3.63, 3.8) is 0 Å². The molecule has 1 aromatic heterocycles. The lowest BCUT2D eigenvalue weighted by atomic mass is 10.1. The summed E-state index contributed by atoms with van der Waals surface area (Å²) in [5.41, 5.74) is 7.72. The van der Waals surface area contributed by atoms with Crippen LogP contribution in [0.5, 0.6) is 0 Å². The molecule has 0 aliphatic carbocycles. The monoisotopic (exact) mass is 401 g/mol. The van der Waals surface area contributed by atoms with Crippen LogP contribution in [-0.4, -0.2) is 54.5 Å². The average Bonchev–Trinajstić information content (AvgIpc) is 3.23. The molecule has 2 amide bonds. The van der Waals surface area contributed by atoms with E-state index in [4.69, 9.17) is 10.5 Å². The highest BCUT2D eigenvalue weighted by Gasteiger charge is 2.34. The maximum absolute atomic E-state index is 12.3. The molecule has 0 saturated carbocycles. The summed E-state index contributed by atoms with van der Waals surface area (Å²) < 4.78 is 4.92. The molecule has 3 N–H and O–H groups in total. The molecule has 2 heterocycles. The van der Waals surface area contributed by atoms with Crippen molar-refractivity contribution in [1.82, 2.24) is 9.88 Å². The summed E-state index contributed by atoms with van der Waals surface area (Å²) in [4.78, 5) is 34.6. The van der Waals surface area contributed by atoms with Gasteiger partial charge in [-0.2, -0.15) is 0 Å². The van der Waals surface area contributed by atoms with E-state index in [0.717, 1.165) is 25.0 Å². The number of imide groups is 1. The number of anilines is 1. The van der Waals surface area contributed by atoms with E-state index in [-0.39, 0.29) is 11.8 Å². The number of fused-ring (bicyclic) bond motifs is 1. The molecule has 8 nitrogen and oxygen atoms in total. The molecule has 1 aromatic carbocycles. The fourth-order valence-corrected chi connectivity index (χ4v) is 3.66. The third-order valence-electron chi connectivity index (χ3n) is 4.31. The van der Waals surface area contributed by atoms with Gasteiger partial charge in [0.1, 0.15) is 0 Å². The molecule has 0 saturated heterocycles. The number of benzene rings is 1. The smallest absolute Gasteiger partial charge is 0.261 e. The number of hydrogen-bond donors (Lipinski definition) is 2. The van der Waals surface area contributed by atoms with Gasteiger partial charge in [-0.25, -0.2) is 4.98 Å². The highest BCUT2D eigenvalue weighted by atomic mass is 32.1. The van der Waals surface area contributed by atoms with Gasteiger partial charge >= 0.3 is 0 Å². The number of nitrogens with zero attached hydrogens (tertiary/aromatic N) is 3. The second-order valence-electron chi connectivity index (χ2n) is 6.29. The number of methoxy groups -OCH3 is 1. The van der Waals surface area contributed by atoms with E-state index < -0.39 is 0 Å². The molecule has 148 valence electrons. The zero-order chi connectivity index (χ0) is 19.9. The van der Waals surface area contributed by atoms with Crippen molar-refractivity contribution in [1.29, 1.82) is 0 Å². The molecule has 0 spiro atoms. The first-order chi connectivity index (χ1) is 13.6. The van der Waals surface area contributed by atoms with Gasteiger partial charge < -0.3 is 15.8 Å². The van der Waals surface area contributed by atoms with Crippen molar-refractivity contribution in [3.8, 4) is 0 Å². The Hall–Kier alpha value is -2.78. The van der Waals surface area contributed by atoms with Crippen molar-refractivity contribution < 1.29 is 14.3 Å². The largest absolute Gasteiger partial charge is 0.383 e. The van der Waals surface area contributed by atoms with Crippen LogP contribution in [0.1, 0.15) is 39.3 Å². The third kappa shape index (κ3) is 4.73. The molecule has 1 aliphatic heterocycles. The van der Waals surface area contributed by atoms with Crippen LogP contribution >= 0.6 is 11.3 Å². The number of rotatable bonds is 9. The Labute approximate surface area is 167 Å². The Morgan fingerprint density at radius 3 is 2.64 bits per heavy atom. The number of thiazole rings is 1. The number of aliphatic imine (C=N–C) groups is 1. The van der Waals surface area contributed by atoms with Crippen LogP contribution in [0.25, 0.3) is 0 Å². The first-order valence-corrected chi connectivity index (χ1v) is 9.93. The van der Waals surface area contributed by atoms with Gasteiger partial charge in [0.2, 0.25) is 0 Å². The van der Waals surface area contributed by atoms with E-state index in [1.54, 1.807) is 31.4 Å². The van der Waals surface area contributed by atoms with Gasteiger partial charge in [-0.3, -0.25) is 19.5 Å². The minimum atomic E-state index is -0.205. The lowest BCUT2D eigenvalue weighted by Crippen LogP contribution is -2.30. The van der Waals surface area contributed by atoms with E-state index in [2.05, 4.69) is 15.3 Å².